The van der Waals surface area contributed by atoms with Crippen LogP contribution in [0.3, 0.4) is 0 Å². The van der Waals surface area contributed by atoms with E-state index >= 15 is 0 Å². The molecule has 3 heterocycles. The third kappa shape index (κ3) is 4.36. The van der Waals surface area contributed by atoms with Crippen molar-refractivity contribution < 1.29 is 4.42 Å². The zero-order valence-electron chi connectivity index (χ0n) is 25.6. The predicted octanol–water partition coefficient (Wildman–Crippen LogP) is 13.4. The van der Waals surface area contributed by atoms with Gasteiger partial charge in [0.05, 0.1) is 21.3 Å². The maximum atomic E-state index is 6.45. The summed E-state index contributed by atoms with van der Waals surface area (Å²) >= 11 is 3.56. The molecule has 226 valence electrons. The molecular weight excluding hydrogens is 625 g/mol. The lowest BCUT2D eigenvalue weighted by Gasteiger charge is -2.28. The summed E-state index contributed by atoms with van der Waals surface area (Å²) in [5.41, 5.74) is 9.43. The van der Waals surface area contributed by atoms with E-state index in [-0.39, 0.29) is 0 Å². The zero-order chi connectivity index (χ0) is 31.6. The van der Waals surface area contributed by atoms with Gasteiger partial charge in [-0.3, -0.25) is 0 Å². The fraction of sp³-hybridized carbons (Fsp3) is 0. The van der Waals surface area contributed by atoms with Gasteiger partial charge in [0, 0.05) is 48.1 Å². The van der Waals surface area contributed by atoms with Crippen LogP contribution in [0.25, 0.3) is 74.0 Å². The van der Waals surface area contributed by atoms with E-state index in [1.54, 1.807) is 11.3 Å². The molecule has 0 aliphatic heterocycles. The normalized spacial score (nSPS) is 11.8. The van der Waals surface area contributed by atoms with E-state index in [2.05, 4.69) is 157 Å². The van der Waals surface area contributed by atoms with Crippen LogP contribution in [0.5, 0.6) is 0 Å². The van der Waals surface area contributed by atoms with Gasteiger partial charge in [-0.1, -0.05) is 103 Å². The minimum Gasteiger partial charge on any atom is -0.456 e. The molecule has 0 radical (unpaired) electrons. The van der Waals surface area contributed by atoms with Gasteiger partial charge in [-0.2, -0.15) is 0 Å². The number of hydrogen-bond acceptors (Lipinski definition) is 5. The number of benzene rings is 7. The van der Waals surface area contributed by atoms with Crippen molar-refractivity contribution in [1.29, 1.82) is 0 Å². The summed E-state index contributed by atoms with van der Waals surface area (Å²) in [4.78, 5) is 7.57. The maximum Gasteiger partial charge on any atom is 0.137 e. The molecule has 3 nitrogen and oxygen atoms in total. The van der Waals surface area contributed by atoms with Gasteiger partial charge in [-0.05, 0) is 60.2 Å². The van der Waals surface area contributed by atoms with Gasteiger partial charge in [0.15, 0.2) is 0 Å². The highest BCUT2D eigenvalue weighted by Crippen LogP contribution is 2.46. The van der Waals surface area contributed by atoms with Crippen LogP contribution < -0.4 is 4.90 Å². The van der Waals surface area contributed by atoms with E-state index in [1.807, 2.05) is 17.4 Å². The Morgan fingerprint density at radius 3 is 2.04 bits per heavy atom. The first-order valence-electron chi connectivity index (χ1n) is 16.0. The monoisotopic (exact) mass is 650 g/mol. The zero-order valence-corrected chi connectivity index (χ0v) is 27.3. The van der Waals surface area contributed by atoms with Crippen LogP contribution in [0.1, 0.15) is 0 Å². The second-order valence-electron chi connectivity index (χ2n) is 12.0. The molecule has 0 N–H and O–H groups in total. The topological polar surface area (TPSA) is 29.3 Å². The van der Waals surface area contributed by atoms with E-state index in [4.69, 9.17) is 9.40 Å². The van der Waals surface area contributed by atoms with Gasteiger partial charge in [0.1, 0.15) is 16.2 Å². The number of thiazole rings is 1. The number of rotatable bonds is 5. The van der Waals surface area contributed by atoms with Gasteiger partial charge >= 0.3 is 0 Å². The van der Waals surface area contributed by atoms with Crippen LogP contribution in [-0.4, -0.2) is 4.98 Å². The third-order valence-electron chi connectivity index (χ3n) is 9.10. The van der Waals surface area contributed by atoms with Crippen molar-refractivity contribution in [3.63, 3.8) is 0 Å². The Labute approximate surface area is 284 Å². The van der Waals surface area contributed by atoms with Crippen LogP contribution in [0.15, 0.2) is 162 Å². The SMILES string of the molecule is c1ccc(-c2nc3c(ccc4oc5ccc(N(c6ccc7c(c6)sc6ccccc67)c6ccccc6-c6ccccc6)cc5c43)s2)cc1. The molecule has 0 atom stereocenters. The van der Waals surface area contributed by atoms with Gasteiger partial charge in [-0.25, -0.2) is 4.98 Å². The number of nitrogens with zero attached hydrogens (tertiary/aromatic N) is 2. The molecule has 10 rings (SSSR count). The number of fused-ring (bicyclic) bond motifs is 8. The van der Waals surface area contributed by atoms with Crippen LogP contribution in [0.4, 0.5) is 17.1 Å². The largest absolute Gasteiger partial charge is 0.456 e. The van der Waals surface area contributed by atoms with E-state index in [9.17, 15) is 0 Å². The third-order valence-corrected chi connectivity index (χ3v) is 11.3. The molecule has 5 heteroatoms. The second-order valence-corrected chi connectivity index (χ2v) is 14.1. The molecule has 0 aliphatic rings. The predicted molar refractivity (Wildman–Crippen MR) is 205 cm³/mol. The van der Waals surface area contributed by atoms with E-state index < -0.39 is 0 Å². The van der Waals surface area contributed by atoms with Crippen molar-refractivity contribution in [2.45, 2.75) is 0 Å². The summed E-state index contributed by atoms with van der Waals surface area (Å²) in [7, 11) is 0. The lowest BCUT2D eigenvalue weighted by Crippen LogP contribution is -2.11. The fourth-order valence-electron chi connectivity index (χ4n) is 6.90. The summed E-state index contributed by atoms with van der Waals surface area (Å²) in [6, 6.07) is 56.1. The Balaban J connectivity index is 1.22. The standard InChI is InChI=1S/C43H26N2OS2/c1-3-11-27(12-4-1)31-15-7-9-17-35(31)45(30-19-21-33-32-16-8-10-18-38(32)47-40(33)26-30)29-20-22-36-34(25-29)41-37(46-36)23-24-39-42(41)44-43(48-39)28-13-5-2-6-14-28/h1-26H. The molecule has 0 saturated carbocycles. The molecular formula is C43H26N2OS2. The molecule has 0 saturated heterocycles. The quantitative estimate of drug-likeness (QED) is 0.186. The molecule has 7 aromatic carbocycles. The Morgan fingerprint density at radius 2 is 1.17 bits per heavy atom. The lowest BCUT2D eigenvalue weighted by molar-refractivity contribution is 0.669. The van der Waals surface area contributed by atoms with Gasteiger partial charge in [0.25, 0.3) is 0 Å². The molecule has 10 aromatic rings. The van der Waals surface area contributed by atoms with Crippen molar-refractivity contribution in [3.8, 4) is 21.7 Å². The Hall–Kier alpha value is -5.75. The average molecular weight is 651 g/mol. The summed E-state index contributed by atoms with van der Waals surface area (Å²) < 4.78 is 10.2. The second kappa shape index (κ2) is 10.9. The minimum absolute atomic E-state index is 0.850. The van der Waals surface area contributed by atoms with Crippen molar-refractivity contribution in [2.75, 3.05) is 4.90 Å². The highest BCUT2D eigenvalue weighted by molar-refractivity contribution is 7.25. The average Bonchev–Trinajstić information content (AvgIpc) is 3.85. The number of thiophene rings is 1. The summed E-state index contributed by atoms with van der Waals surface area (Å²) in [6.45, 7) is 0. The molecule has 0 amide bonds. The Morgan fingerprint density at radius 1 is 0.479 bits per heavy atom. The van der Waals surface area contributed by atoms with Crippen LogP contribution in [0, 0.1) is 0 Å². The molecule has 0 bridgehead atoms. The highest BCUT2D eigenvalue weighted by atomic mass is 32.1. The molecule has 0 aliphatic carbocycles. The van der Waals surface area contributed by atoms with E-state index in [1.165, 1.54) is 31.3 Å². The Kier molecular flexibility index (Phi) is 6.22. The van der Waals surface area contributed by atoms with E-state index in [0.717, 1.165) is 59.8 Å². The Bertz CT molecular complexity index is 2790. The van der Waals surface area contributed by atoms with Gasteiger partial charge < -0.3 is 9.32 Å². The van der Waals surface area contributed by atoms with Gasteiger partial charge in [0.2, 0.25) is 0 Å². The number of anilines is 3. The fourth-order valence-corrected chi connectivity index (χ4v) is 9.01. The molecule has 3 aromatic heterocycles. The summed E-state index contributed by atoms with van der Waals surface area (Å²) in [5, 5.41) is 5.71. The van der Waals surface area contributed by atoms with E-state index in [0.29, 0.717) is 0 Å². The first-order valence-corrected chi connectivity index (χ1v) is 17.6. The number of hydrogen-bond donors (Lipinski definition) is 0. The van der Waals surface area contributed by atoms with Crippen molar-refractivity contribution in [2.24, 2.45) is 0 Å². The van der Waals surface area contributed by atoms with Crippen LogP contribution in [0.2, 0.25) is 0 Å². The lowest BCUT2D eigenvalue weighted by atomic mass is 10.0. The molecule has 0 fully saturated rings. The summed E-state index contributed by atoms with van der Waals surface area (Å²) in [5.74, 6) is 0. The van der Waals surface area contributed by atoms with Gasteiger partial charge in [-0.15, -0.1) is 22.7 Å². The molecule has 0 unspecified atom stereocenters. The maximum absolute atomic E-state index is 6.45. The smallest absolute Gasteiger partial charge is 0.137 e. The first kappa shape index (κ1) is 27.4. The van der Waals surface area contributed by atoms with Crippen molar-refractivity contribution in [3.05, 3.63) is 158 Å². The highest BCUT2D eigenvalue weighted by Gasteiger charge is 2.21. The number of aromatic nitrogens is 1. The van der Waals surface area contributed by atoms with Crippen molar-refractivity contribution >= 4 is 92.1 Å². The minimum atomic E-state index is 0.850. The number of furan rings is 1. The number of para-hydroxylation sites is 1. The van der Waals surface area contributed by atoms with Crippen molar-refractivity contribution in [1.82, 2.24) is 4.98 Å². The summed E-state index contributed by atoms with van der Waals surface area (Å²) in [6.07, 6.45) is 0. The van der Waals surface area contributed by atoms with Crippen LogP contribution in [-0.2, 0) is 0 Å². The molecule has 0 spiro atoms. The van der Waals surface area contributed by atoms with Crippen LogP contribution >= 0.6 is 22.7 Å². The molecule has 48 heavy (non-hydrogen) atoms. The first-order chi connectivity index (χ1) is 23.8.